The smallest absolute Gasteiger partial charge is 0.290 e. The van der Waals surface area contributed by atoms with Crippen LogP contribution in [0.2, 0.25) is 0 Å². The van der Waals surface area contributed by atoms with E-state index in [4.69, 9.17) is 5.73 Å². The zero-order valence-electron chi connectivity index (χ0n) is 16.3. The first-order chi connectivity index (χ1) is 14.0. The first-order valence-corrected chi connectivity index (χ1v) is 9.41. The number of nitrogen functional groups attached to an aromatic ring is 1. The van der Waals surface area contributed by atoms with Crippen LogP contribution in [0.15, 0.2) is 47.3 Å². The number of nitrogens with two attached hydrogens (primary N) is 1. The normalized spacial score (nSPS) is 11.3. The van der Waals surface area contributed by atoms with Crippen LogP contribution in [0.1, 0.15) is 17.8 Å². The Morgan fingerprint density at radius 2 is 1.79 bits per heavy atom. The van der Waals surface area contributed by atoms with E-state index in [2.05, 4.69) is 15.1 Å². The van der Waals surface area contributed by atoms with E-state index in [1.807, 2.05) is 56.3 Å². The van der Waals surface area contributed by atoms with Gasteiger partial charge in [-0.25, -0.2) is 9.78 Å². The number of hydrogen-bond acceptors (Lipinski definition) is 4. The molecule has 4 aromatic rings. The van der Waals surface area contributed by atoms with Crippen molar-refractivity contribution in [3.8, 4) is 22.4 Å². The minimum Gasteiger partial charge on any atom is -0.290 e. The van der Waals surface area contributed by atoms with Gasteiger partial charge >= 0.3 is 11.6 Å². The van der Waals surface area contributed by atoms with Crippen LogP contribution in [0.5, 0.6) is 0 Å². The molecule has 0 spiro atoms. The molecule has 0 amide bonds. The highest BCUT2D eigenvalue weighted by molar-refractivity contribution is 5.88. The summed E-state index contributed by atoms with van der Waals surface area (Å²) in [6.45, 7) is 3.50. The predicted octanol–water partition coefficient (Wildman–Crippen LogP) is 2.60. The van der Waals surface area contributed by atoms with Crippen LogP contribution in [0.25, 0.3) is 28.0 Å². The molecule has 7 nitrogen and oxygen atoms in total. The lowest BCUT2D eigenvalue weighted by atomic mass is 9.99. The largest absolute Gasteiger partial charge is 0.411 e. The highest BCUT2D eigenvalue weighted by atomic mass is 19.1. The van der Waals surface area contributed by atoms with Crippen LogP contribution in [0.3, 0.4) is 0 Å². The SMILES string of the molecule is Cc1cc(-c2c(-c3ccccc3)[nH+]c(N)n3c(=O)n(CCCF)nc23)cc(C)n1. The number of aryl methyl sites for hydroxylation is 3. The number of pyridine rings is 1. The Labute approximate surface area is 166 Å². The molecule has 8 heteroatoms. The zero-order valence-corrected chi connectivity index (χ0v) is 16.3. The third kappa shape index (κ3) is 3.37. The summed E-state index contributed by atoms with van der Waals surface area (Å²) in [5.41, 5.74) is 11.2. The minimum absolute atomic E-state index is 0.168. The lowest BCUT2D eigenvalue weighted by Crippen LogP contribution is -2.28. The molecule has 1 aromatic carbocycles. The van der Waals surface area contributed by atoms with Gasteiger partial charge in [-0.1, -0.05) is 30.3 Å². The fourth-order valence-electron chi connectivity index (χ4n) is 3.57. The van der Waals surface area contributed by atoms with Crippen molar-refractivity contribution in [2.45, 2.75) is 26.8 Å². The summed E-state index contributed by atoms with van der Waals surface area (Å²) in [4.78, 5) is 20.5. The molecule has 3 heterocycles. The van der Waals surface area contributed by atoms with Gasteiger partial charge in [0.15, 0.2) is 0 Å². The molecule has 0 aliphatic heterocycles. The summed E-state index contributed by atoms with van der Waals surface area (Å²) in [5.74, 6) is 0.168. The van der Waals surface area contributed by atoms with E-state index < -0.39 is 12.4 Å². The molecule has 3 aromatic heterocycles. The molecule has 148 valence electrons. The fraction of sp³-hybridized carbons (Fsp3) is 0.238. The fourth-order valence-corrected chi connectivity index (χ4v) is 3.57. The monoisotopic (exact) mass is 393 g/mol. The average molecular weight is 393 g/mol. The number of nitrogens with one attached hydrogen (secondary N) is 1. The second-order valence-electron chi connectivity index (χ2n) is 6.97. The van der Waals surface area contributed by atoms with Crippen LogP contribution in [0.4, 0.5) is 10.3 Å². The van der Waals surface area contributed by atoms with E-state index in [9.17, 15) is 9.18 Å². The number of hydrogen-bond donors (Lipinski definition) is 1. The van der Waals surface area contributed by atoms with Crippen molar-refractivity contribution in [1.29, 1.82) is 0 Å². The van der Waals surface area contributed by atoms with Gasteiger partial charge in [0.25, 0.3) is 0 Å². The number of fused-ring (bicyclic) bond motifs is 1. The number of H-pyrrole nitrogens is 1. The van der Waals surface area contributed by atoms with Gasteiger partial charge in [-0.05, 0) is 38.0 Å². The maximum atomic E-state index is 12.8. The number of anilines is 1. The van der Waals surface area contributed by atoms with Crippen LogP contribution in [-0.2, 0) is 6.54 Å². The summed E-state index contributed by atoms with van der Waals surface area (Å²) in [7, 11) is 0. The van der Waals surface area contributed by atoms with Crippen molar-refractivity contribution in [3.63, 3.8) is 0 Å². The molecule has 0 atom stereocenters. The molecule has 0 saturated heterocycles. The van der Waals surface area contributed by atoms with Crippen molar-refractivity contribution < 1.29 is 9.37 Å². The van der Waals surface area contributed by atoms with Gasteiger partial charge in [-0.3, -0.25) is 15.1 Å². The van der Waals surface area contributed by atoms with Gasteiger partial charge in [0, 0.05) is 17.0 Å². The van der Waals surface area contributed by atoms with Crippen molar-refractivity contribution in [3.05, 3.63) is 64.3 Å². The number of aromatic nitrogens is 5. The van der Waals surface area contributed by atoms with Crippen LogP contribution in [0, 0.1) is 13.8 Å². The Balaban J connectivity index is 2.11. The highest BCUT2D eigenvalue weighted by Crippen LogP contribution is 2.32. The molecule has 0 fully saturated rings. The molecule has 3 N–H and O–H groups in total. The topological polar surface area (TPSA) is 92.3 Å². The van der Waals surface area contributed by atoms with E-state index in [0.29, 0.717) is 5.65 Å². The molecule has 4 rings (SSSR count). The van der Waals surface area contributed by atoms with Crippen molar-refractivity contribution in [2.75, 3.05) is 12.4 Å². The summed E-state index contributed by atoms with van der Waals surface area (Å²) in [6, 6.07) is 13.6. The first-order valence-electron chi connectivity index (χ1n) is 9.41. The summed E-state index contributed by atoms with van der Waals surface area (Å²) < 4.78 is 15.3. The molecule has 0 aliphatic rings. The Hall–Kier alpha value is -3.55. The van der Waals surface area contributed by atoms with E-state index in [1.165, 1.54) is 9.08 Å². The van der Waals surface area contributed by atoms with Crippen molar-refractivity contribution in [1.82, 2.24) is 19.2 Å². The summed E-state index contributed by atoms with van der Waals surface area (Å²) in [5, 5.41) is 4.51. The van der Waals surface area contributed by atoms with Crippen molar-refractivity contribution in [2.24, 2.45) is 0 Å². The quantitative estimate of drug-likeness (QED) is 0.564. The Kier molecular flexibility index (Phi) is 4.84. The van der Waals surface area contributed by atoms with Gasteiger partial charge in [-0.2, -0.15) is 4.68 Å². The van der Waals surface area contributed by atoms with Gasteiger partial charge in [0.2, 0.25) is 5.65 Å². The second-order valence-corrected chi connectivity index (χ2v) is 6.97. The van der Waals surface area contributed by atoms with E-state index >= 15 is 0 Å². The molecular weight excluding hydrogens is 371 g/mol. The number of rotatable bonds is 5. The number of halogens is 1. The number of aromatic amines is 1. The van der Waals surface area contributed by atoms with Gasteiger partial charge in [0.1, 0.15) is 5.69 Å². The van der Waals surface area contributed by atoms with Gasteiger partial charge in [-0.15, -0.1) is 9.50 Å². The lowest BCUT2D eigenvalue weighted by molar-refractivity contribution is -0.351. The average Bonchev–Trinajstić information content (AvgIpc) is 3.03. The molecule has 29 heavy (non-hydrogen) atoms. The summed E-state index contributed by atoms with van der Waals surface area (Å²) in [6.07, 6.45) is 0.210. The zero-order chi connectivity index (χ0) is 20.5. The molecule has 0 saturated carbocycles. The third-order valence-electron chi connectivity index (χ3n) is 4.74. The Morgan fingerprint density at radius 3 is 2.45 bits per heavy atom. The lowest BCUT2D eigenvalue weighted by Gasteiger charge is -2.10. The molecular formula is C21H22FN6O+. The minimum atomic E-state index is -0.521. The van der Waals surface area contributed by atoms with E-state index in [1.54, 1.807) is 0 Å². The van der Waals surface area contributed by atoms with Crippen LogP contribution < -0.4 is 16.4 Å². The van der Waals surface area contributed by atoms with E-state index in [0.717, 1.165) is 33.8 Å². The van der Waals surface area contributed by atoms with Gasteiger partial charge < -0.3 is 0 Å². The van der Waals surface area contributed by atoms with Crippen molar-refractivity contribution >= 4 is 11.6 Å². The van der Waals surface area contributed by atoms with Crippen LogP contribution >= 0.6 is 0 Å². The standard InChI is InChI=1S/C21H21FN6O/c1-13-11-16(12-14(2)24-13)17-18(15-7-4-3-5-8-15)25-20(23)28-19(17)26-27(21(28)29)10-6-9-22/h3-5,7-8,11-12H,6,9-10H2,1-2H3,(H2,23,25)/p+1. The van der Waals surface area contributed by atoms with E-state index in [-0.39, 0.29) is 18.9 Å². The number of alkyl halides is 1. The Bertz CT molecular complexity index is 1230. The maximum Gasteiger partial charge on any atom is 0.411 e. The van der Waals surface area contributed by atoms with Crippen LogP contribution in [-0.4, -0.2) is 25.8 Å². The predicted molar refractivity (Wildman–Crippen MR) is 109 cm³/mol. The third-order valence-corrected chi connectivity index (χ3v) is 4.74. The molecule has 0 unspecified atom stereocenters. The van der Waals surface area contributed by atoms with Gasteiger partial charge in [0.05, 0.1) is 18.8 Å². The molecule has 0 radical (unpaired) electrons. The first kappa shape index (κ1) is 18.8. The molecule has 0 bridgehead atoms. The second kappa shape index (κ2) is 7.46. The molecule has 0 aliphatic carbocycles. The number of nitrogens with zero attached hydrogens (tertiary/aromatic N) is 4. The highest BCUT2D eigenvalue weighted by Gasteiger charge is 2.25. The number of benzene rings is 1. The summed E-state index contributed by atoms with van der Waals surface area (Å²) >= 11 is 0. The maximum absolute atomic E-state index is 12.8. The Morgan fingerprint density at radius 1 is 1.10 bits per heavy atom.